The maximum absolute atomic E-state index is 5.05. The van der Waals surface area contributed by atoms with Crippen molar-refractivity contribution in [2.75, 3.05) is 10.6 Å². The van der Waals surface area contributed by atoms with Crippen LogP contribution in [-0.2, 0) is 0 Å². The van der Waals surface area contributed by atoms with Crippen LogP contribution in [0.2, 0.25) is 0 Å². The van der Waals surface area contributed by atoms with Crippen molar-refractivity contribution < 1.29 is 4.52 Å². The third kappa shape index (κ3) is 3.53. The number of anilines is 4. The van der Waals surface area contributed by atoms with Crippen LogP contribution in [0.1, 0.15) is 36.7 Å². The predicted molar refractivity (Wildman–Crippen MR) is 95.1 cm³/mol. The molecular weight excluding hydrogens is 302 g/mol. The molecule has 3 rings (SSSR count). The Labute approximate surface area is 141 Å². The summed E-state index contributed by atoms with van der Waals surface area (Å²) in [5, 5.41) is 10.4. The number of hydrogen-bond acceptors (Lipinski definition) is 6. The average Bonchev–Trinajstić information content (AvgIpc) is 2.94. The van der Waals surface area contributed by atoms with Crippen molar-refractivity contribution in [3.63, 3.8) is 0 Å². The third-order valence-corrected chi connectivity index (χ3v) is 3.73. The zero-order valence-corrected chi connectivity index (χ0v) is 14.3. The van der Waals surface area contributed by atoms with Gasteiger partial charge >= 0.3 is 0 Å². The van der Waals surface area contributed by atoms with Gasteiger partial charge in [0.15, 0.2) is 5.82 Å². The van der Waals surface area contributed by atoms with E-state index >= 15 is 0 Å². The summed E-state index contributed by atoms with van der Waals surface area (Å²) in [5.41, 5.74) is 3.53. The summed E-state index contributed by atoms with van der Waals surface area (Å²) in [6.45, 7) is 8.29. The number of nitrogens with zero attached hydrogens (tertiary/aromatic N) is 3. The van der Waals surface area contributed by atoms with Crippen LogP contribution in [0.3, 0.4) is 0 Å². The van der Waals surface area contributed by atoms with Gasteiger partial charge in [-0.15, -0.1) is 0 Å². The largest absolute Gasteiger partial charge is 0.360 e. The standard InChI is InChI=1S/C18H21N5O/c1-11(2)14-7-5-6-12(3)18(14)22-16-9-15(19-10-20-16)21-17-8-13(4)24-23-17/h5-11H,1-4H3,(H2,19,20,21,22,23). The molecule has 0 spiro atoms. The number of rotatable bonds is 5. The van der Waals surface area contributed by atoms with Crippen molar-refractivity contribution in [3.05, 3.63) is 53.5 Å². The zero-order chi connectivity index (χ0) is 17.1. The average molecular weight is 323 g/mol. The molecule has 0 unspecified atom stereocenters. The second-order valence-corrected chi connectivity index (χ2v) is 6.06. The van der Waals surface area contributed by atoms with Gasteiger partial charge in [-0.2, -0.15) is 0 Å². The Morgan fingerprint density at radius 3 is 2.38 bits per heavy atom. The zero-order valence-electron chi connectivity index (χ0n) is 14.3. The lowest BCUT2D eigenvalue weighted by Gasteiger charge is -2.17. The van der Waals surface area contributed by atoms with Crippen molar-refractivity contribution in [1.29, 1.82) is 0 Å². The minimum absolute atomic E-state index is 0.421. The molecule has 2 heterocycles. The summed E-state index contributed by atoms with van der Waals surface area (Å²) < 4.78 is 5.05. The van der Waals surface area contributed by atoms with Gasteiger partial charge in [-0.05, 0) is 30.9 Å². The molecule has 24 heavy (non-hydrogen) atoms. The quantitative estimate of drug-likeness (QED) is 0.709. The first-order valence-corrected chi connectivity index (χ1v) is 7.92. The molecule has 0 radical (unpaired) electrons. The summed E-state index contributed by atoms with van der Waals surface area (Å²) in [6, 6.07) is 9.97. The number of para-hydroxylation sites is 1. The maximum atomic E-state index is 5.05. The molecule has 0 aliphatic carbocycles. The summed E-state index contributed by atoms with van der Waals surface area (Å²) in [5.74, 6) is 3.16. The van der Waals surface area contributed by atoms with E-state index in [9.17, 15) is 0 Å². The highest BCUT2D eigenvalue weighted by molar-refractivity contribution is 5.67. The van der Waals surface area contributed by atoms with Gasteiger partial charge < -0.3 is 15.2 Å². The molecule has 6 nitrogen and oxygen atoms in total. The van der Waals surface area contributed by atoms with Gasteiger partial charge in [0.05, 0.1) is 0 Å². The lowest BCUT2D eigenvalue weighted by atomic mass is 9.98. The minimum atomic E-state index is 0.421. The third-order valence-electron chi connectivity index (χ3n) is 3.73. The number of aromatic nitrogens is 3. The van der Waals surface area contributed by atoms with Crippen molar-refractivity contribution >= 4 is 23.1 Å². The van der Waals surface area contributed by atoms with Crippen LogP contribution >= 0.6 is 0 Å². The molecule has 2 aromatic heterocycles. The SMILES string of the molecule is Cc1cc(Nc2cc(Nc3c(C)cccc3C(C)C)ncn2)no1. The van der Waals surface area contributed by atoms with Gasteiger partial charge in [0.25, 0.3) is 0 Å². The fourth-order valence-electron chi connectivity index (χ4n) is 2.52. The molecule has 0 saturated heterocycles. The number of nitrogens with one attached hydrogen (secondary N) is 2. The Morgan fingerprint density at radius 1 is 0.958 bits per heavy atom. The molecule has 0 amide bonds. The van der Waals surface area contributed by atoms with Gasteiger partial charge in [0, 0.05) is 17.8 Å². The second kappa shape index (κ2) is 6.70. The lowest BCUT2D eigenvalue weighted by Crippen LogP contribution is -2.03. The summed E-state index contributed by atoms with van der Waals surface area (Å²) in [7, 11) is 0. The molecule has 0 fully saturated rings. The molecule has 3 aromatic rings. The van der Waals surface area contributed by atoms with E-state index in [4.69, 9.17) is 4.52 Å². The molecule has 0 saturated carbocycles. The van der Waals surface area contributed by atoms with E-state index in [0.29, 0.717) is 17.6 Å². The van der Waals surface area contributed by atoms with Crippen LogP contribution in [0.4, 0.5) is 23.1 Å². The highest BCUT2D eigenvalue weighted by Crippen LogP contribution is 2.30. The smallest absolute Gasteiger partial charge is 0.175 e. The summed E-state index contributed by atoms with van der Waals surface area (Å²) >= 11 is 0. The van der Waals surface area contributed by atoms with Crippen LogP contribution in [0.5, 0.6) is 0 Å². The molecule has 0 aliphatic rings. The first-order chi connectivity index (χ1) is 11.5. The Kier molecular flexibility index (Phi) is 4.46. The second-order valence-electron chi connectivity index (χ2n) is 6.06. The van der Waals surface area contributed by atoms with Crippen molar-refractivity contribution in [2.45, 2.75) is 33.6 Å². The van der Waals surface area contributed by atoms with Crippen molar-refractivity contribution in [1.82, 2.24) is 15.1 Å². The van der Waals surface area contributed by atoms with E-state index in [2.05, 4.69) is 64.7 Å². The normalized spacial score (nSPS) is 10.9. The number of aryl methyl sites for hydroxylation is 2. The monoisotopic (exact) mass is 323 g/mol. The van der Waals surface area contributed by atoms with E-state index in [1.54, 1.807) is 0 Å². The first kappa shape index (κ1) is 16.0. The molecule has 2 N–H and O–H groups in total. The van der Waals surface area contributed by atoms with Crippen LogP contribution < -0.4 is 10.6 Å². The van der Waals surface area contributed by atoms with Crippen LogP contribution in [-0.4, -0.2) is 15.1 Å². The predicted octanol–water partition coefficient (Wildman–Crippen LogP) is 4.69. The minimum Gasteiger partial charge on any atom is -0.360 e. The van der Waals surface area contributed by atoms with Crippen LogP contribution in [0, 0.1) is 13.8 Å². The van der Waals surface area contributed by atoms with E-state index in [-0.39, 0.29) is 0 Å². The molecule has 124 valence electrons. The Morgan fingerprint density at radius 2 is 1.71 bits per heavy atom. The van der Waals surface area contributed by atoms with Crippen molar-refractivity contribution in [3.8, 4) is 0 Å². The maximum Gasteiger partial charge on any atom is 0.175 e. The van der Waals surface area contributed by atoms with Gasteiger partial charge in [-0.3, -0.25) is 0 Å². The fourth-order valence-corrected chi connectivity index (χ4v) is 2.52. The molecule has 6 heteroatoms. The highest BCUT2D eigenvalue weighted by atomic mass is 16.5. The molecule has 0 aliphatic heterocycles. The molecule has 0 bridgehead atoms. The fraction of sp³-hybridized carbons (Fsp3) is 0.278. The topological polar surface area (TPSA) is 75.9 Å². The lowest BCUT2D eigenvalue weighted by molar-refractivity contribution is 0.400. The van der Waals surface area contributed by atoms with E-state index in [0.717, 1.165) is 17.3 Å². The van der Waals surface area contributed by atoms with E-state index in [1.165, 1.54) is 17.5 Å². The van der Waals surface area contributed by atoms with Crippen LogP contribution in [0.25, 0.3) is 0 Å². The Hall–Kier alpha value is -2.89. The van der Waals surface area contributed by atoms with E-state index < -0.39 is 0 Å². The van der Waals surface area contributed by atoms with Gasteiger partial charge in [0.1, 0.15) is 23.7 Å². The van der Waals surface area contributed by atoms with Crippen molar-refractivity contribution in [2.24, 2.45) is 0 Å². The van der Waals surface area contributed by atoms with E-state index in [1.807, 2.05) is 19.1 Å². The molecule has 1 aromatic carbocycles. The van der Waals surface area contributed by atoms with Gasteiger partial charge in [-0.25, -0.2) is 9.97 Å². The van der Waals surface area contributed by atoms with Gasteiger partial charge in [-0.1, -0.05) is 37.2 Å². The highest BCUT2D eigenvalue weighted by Gasteiger charge is 2.10. The van der Waals surface area contributed by atoms with Gasteiger partial charge in [0.2, 0.25) is 0 Å². The first-order valence-electron chi connectivity index (χ1n) is 7.92. The number of benzene rings is 1. The van der Waals surface area contributed by atoms with Crippen LogP contribution in [0.15, 0.2) is 41.2 Å². The molecular formula is C18H21N5O. The molecule has 0 atom stereocenters. The number of hydrogen-bond donors (Lipinski definition) is 2. The Balaban J connectivity index is 1.85. The summed E-state index contributed by atoms with van der Waals surface area (Å²) in [4.78, 5) is 8.54. The summed E-state index contributed by atoms with van der Waals surface area (Å²) in [6.07, 6.45) is 1.52. The Bertz CT molecular complexity index is 841.